The lowest BCUT2D eigenvalue weighted by Crippen LogP contribution is -2.33. The summed E-state index contributed by atoms with van der Waals surface area (Å²) in [4.78, 5) is 18.5. The number of pyridine rings is 1. The molecule has 0 aromatic carbocycles. The molecule has 0 saturated carbocycles. The van der Waals surface area contributed by atoms with Crippen molar-refractivity contribution in [3.8, 4) is 0 Å². The smallest absolute Gasteiger partial charge is 0.223 e. The lowest BCUT2D eigenvalue weighted by Gasteiger charge is -2.24. The summed E-state index contributed by atoms with van der Waals surface area (Å²) in [5.41, 5.74) is 6.71. The number of amides is 1. The Hall–Kier alpha value is -1.42. The Morgan fingerprint density at radius 3 is 2.65 bits per heavy atom. The Morgan fingerprint density at radius 2 is 2.15 bits per heavy atom. The average Bonchev–Trinajstić information content (AvgIpc) is 2.44. The zero-order valence-corrected chi connectivity index (χ0v) is 12.9. The van der Waals surface area contributed by atoms with Crippen molar-refractivity contribution >= 4 is 5.91 Å². The largest absolute Gasteiger partial charge is 0.337 e. The molecule has 1 unspecified atom stereocenters. The van der Waals surface area contributed by atoms with Crippen LogP contribution in [0.1, 0.15) is 39.3 Å². The van der Waals surface area contributed by atoms with Crippen LogP contribution in [0.15, 0.2) is 24.4 Å². The van der Waals surface area contributed by atoms with E-state index in [1.807, 2.05) is 30.0 Å². The molecular weight excluding hydrogens is 250 g/mol. The van der Waals surface area contributed by atoms with Crippen molar-refractivity contribution in [1.82, 2.24) is 9.88 Å². The van der Waals surface area contributed by atoms with Crippen LogP contribution in [-0.4, -0.2) is 28.9 Å². The molecule has 1 rings (SSSR count). The van der Waals surface area contributed by atoms with E-state index in [0.29, 0.717) is 32.0 Å². The minimum Gasteiger partial charge on any atom is -0.337 e. The molecular formula is C16H27N3O. The van der Waals surface area contributed by atoms with E-state index in [2.05, 4.69) is 18.8 Å². The van der Waals surface area contributed by atoms with E-state index < -0.39 is 0 Å². The number of nitrogens with two attached hydrogens (primary N) is 1. The van der Waals surface area contributed by atoms with Gasteiger partial charge < -0.3 is 10.6 Å². The Labute approximate surface area is 122 Å². The topological polar surface area (TPSA) is 59.2 Å². The van der Waals surface area contributed by atoms with Crippen molar-refractivity contribution in [1.29, 1.82) is 0 Å². The number of carbonyl (C=O) groups excluding carboxylic acids is 1. The predicted octanol–water partition coefficient (Wildman–Crippen LogP) is 2.44. The summed E-state index contributed by atoms with van der Waals surface area (Å²) in [7, 11) is 0. The number of rotatable bonds is 8. The summed E-state index contributed by atoms with van der Waals surface area (Å²) in [6.45, 7) is 8.19. The van der Waals surface area contributed by atoms with Crippen molar-refractivity contribution in [2.75, 3.05) is 13.1 Å². The normalized spacial score (nSPS) is 12.4. The molecule has 0 fully saturated rings. The number of carbonyl (C=O) groups is 1. The van der Waals surface area contributed by atoms with Crippen LogP contribution in [0.5, 0.6) is 0 Å². The van der Waals surface area contributed by atoms with E-state index in [-0.39, 0.29) is 11.8 Å². The highest BCUT2D eigenvalue weighted by Gasteiger charge is 2.18. The molecule has 1 aromatic heterocycles. The highest BCUT2D eigenvalue weighted by molar-refractivity contribution is 5.76. The van der Waals surface area contributed by atoms with E-state index in [9.17, 15) is 4.79 Å². The third kappa shape index (κ3) is 5.70. The molecule has 20 heavy (non-hydrogen) atoms. The number of hydrogen-bond acceptors (Lipinski definition) is 3. The van der Waals surface area contributed by atoms with E-state index in [0.717, 1.165) is 12.1 Å². The zero-order chi connectivity index (χ0) is 15.0. The first-order valence-corrected chi connectivity index (χ1v) is 7.44. The van der Waals surface area contributed by atoms with Gasteiger partial charge in [0.1, 0.15) is 0 Å². The summed E-state index contributed by atoms with van der Waals surface area (Å²) < 4.78 is 0. The van der Waals surface area contributed by atoms with E-state index in [4.69, 9.17) is 5.73 Å². The Kier molecular flexibility index (Phi) is 7.23. The number of aromatic nitrogens is 1. The summed E-state index contributed by atoms with van der Waals surface area (Å²) >= 11 is 0. The number of hydrogen-bond donors (Lipinski definition) is 1. The molecule has 0 aliphatic heterocycles. The SMILES string of the molecule is CCN(Cc1ccccn1)C(=O)CC(CN)CC(C)C. The third-order valence-corrected chi connectivity index (χ3v) is 3.41. The molecule has 0 radical (unpaired) electrons. The second-order valence-electron chi connectivity index (χ2n) is 5.66. The lowest BCUT2D eigenvalue weighted by molar-refractivity contribution is -0.132. The van der Waals surface area contributed by atoms with Crippen LogP contribution in [0, 0.1) is 11.8 Å². The van der Waals surface area contributed by atoms with Gasteiger partial charge in [0.15, 0.2) is 0 Å². The average molecular weight is 277 g/mol. The Bertz CT molecular complexity index is 392. The predicted molar refractivity (Wildman–Crippen MR) is 81.9 cm³/mol. The van der Waals surface area contributed by atoms with Gasteiger partial charge in [-0.2, -0.15) is 0 Å². The first-order chi connectivity index (χ1) is 9.56. The van der Waals surface area contributed by atoms with Crippen molar-refractivity contribution in [2.24, 2.45) is 17.6 Å². The van der Waals surface area contributed by atoms with Gasteiger partial charge in [0.2, 0.25) is 5.91 Å². The molecule has 0 aliphatic rings. The molecule has 112 valence electrons. The van der Waals surface area contributed by atoms with Gasteiger partial charge >= 0.3 is 0 Å². The van der Waals surface area contributed by atoms with Crippen LogP contribution in [0.4, 0.5) is 0 Å². The van der Waals surface area contributed by atoms with Gasteiger partial charge in [-0.1, -0.05) is 19.9 Å². The molecule has 1 amide bonds. The van der Waals surface area contributed by atoms with Crippen molar-refractivity contribution in [3.63, 3.8) is 0 Å². The van der Waals surface area contributed by atoms with Gasteiger partial charge in [-0.05, 0) is 43.9 Å². The fourth-order valence-corrected chi connectivity index (χ4v) is 2.37. The molecule has 4 heteroatoms. The van der Waals surface area contributed by atoms with Gasteiger partial charge in [-0.15, -0.1) is 0 Å². The quantitative estimate of drug-likeness (QED) is 0.794. The maximum Gasteiger partial charge on any atom is 0.223 e. The molecule has 4 nitrogen and oxygen atoms in total. The fourth-order valence-electron chi connectivity index (χ4n) is 2.37. The first kappa shape index (κ1) is 16.6. The van der Waals surface area contributed by atoms with Gasteiger partial charge in [0, 0.05) is 19.2 Å². The lowest BCUT2D eigenvalue weighted by atomic mass is 9.94. The van der Waals surface area contributed by atoms with Crippen molar-refractivity contribution in [3.05, 3.63) is 30.1 Å². The third-order valence-electron chi connectivity index (χ3n) is 3.41. The number of nitrogens with zero attached hydrogens (tertiary/aromatic N) is 2. The van der Waals surface area contributed by atoms with E-state index in [1.54, 1.807) is 6.20 Å². The standard InChI is InChI=1S/C16H27N3O/c1-4-19(12-15-7-5-6-8-18-15)16(20)10-14(11-17)9-13(2)3/h5-8,13-14H,4,9-12,17H2,1-3H3. The van der Waals surface area contributed by atoms with E-state index in [1.165, 1.54) is 0 Å². The van der Waals surface area contributed by atoms with Crippen LogP contribution in [0.2, 0.25) is 0 Å². The molecule has 1 aromatic rings. The molecule has 1 heterocycles. The maximum absolute atomic E-state index is 12.4. The fraction of sp³-hybridized carbons (Fsp3) is 0.625. The maximum atomic E-state index is 12.4. The molecule has 0 bridgehead atoms. The zero-order valence-electron chi connectivity index (χ0n) is 12.9. The van der Waals surface area contributed by atoms with E-state index >= 15 is 0 Å². The molecule has 0 aliphatic carbocycles. The first-order valence-electron chi connectivity index (χ1n) is 7.44. The highest BCUT2D eigenvalue weighted by atomic mass is 16.2. The second kappa shape index (κ2) is 8.69. The highest BCUT2D eigenvalue weighted by Crippen LogP contribution is 2.16. The van der Waals surface area contributed by atoms with Crippen LogP contribution < -0.4 is 5.73 Å². The van der Waals surface area contributed by atoms with Gasteiger partial charge in [0.05, 0.1) is 12.2 Å². The molecule has 0 spiro atoms. The molecule has 2 N–H and O–H groups in total. The second-order valence-corrected chi connectivity index (χ2v) is 5.66. The van der Waals surface area contributed by atoms with Gasteiger partial charge in [0.25, 0.3) is 0 Å². The van der Waals surface area contributed by atoms with Crippen molar-refractivity contribution < 1.29 is 4.79 Å². The Balaban J connectivity index is 2.58. The summed E-state index contributed by atoms with van der Waals surface area (Å²) in [6, 6.07) is 5.78. The van der Waals surface area contributed by atoms with Crippen LogP contribution in [0.3, 0.4) is 0 Å². The molecule has 1 atom stereocenters. The van der Waals surface area contributed by atoms with Gasteiger partial charge in [-0.3, -0.25) is 9.78 Å². The van der Waals surface area contributed by atoms with Crippen LogP contribution in [-0.2, 0) is 11.3 Å². The minimum absolute atomic E-state index is 0.175. The minimum atomic E-state index is 0.175. The summed E-state index contributed by atoms with van der Waals surface area (Å²) in [5.74, 6) is 1.02. The summed E-state index contributed by atoms with van der Waals surface area (Å²) in [5, 5.41) is 0. The monoisotopic (exact) mass is 277 g/mol. The van der Waals surface area contributed by atoms with Crippen LogP contribution >= 0.6 is 0 Å². The summed E-state index contributed by atoms with van der Waals surface area (Å²) in [6.07, 6.45) is 3.30. The van der Waals surface area contributed by atoms with Crippen molar-refractivity contribution in [2.45, 2.75) is 40.2 Å². The van der Waals surface area contributed by atoms with Crippen LogP contribution in [0.25, 0.3) is 0 Å². The molecule has 0 saturated heterocycles. The Morgan fingerprint density at radius 1 is 1.40 bits per heavy atom. The van der Waals surface area contributed by atoms with Gasteiger partial charge in [-0.25, -0.2) is 0 Å².